The lowest BCUT2D eigenvalue weighted by molar-refractivity contribution is 0.102. The molecule has 0 radical (unpaired) electrons. The number of amides is 1. The fourth-order valence-electron chi connectivity index (χ4n) is 3.33. The van der Waals surface area contributed by atoms with Gasteiger partial charge in [0.25, 0.3) is 11.9 Å². The van der Waals surface area contributed by atoms with Gasteiger partial charge in [-0.15, -0.1) is 12.4 Å². The van der Waals surface area contributed by atoms with Crippen LogP contribution in [0, 0.1) is 0 Å². The Hall–Kier alpha value is -2.77. The van der Waals surface area contributed by atoms with Crippen molar-refractivity contribution in [3.63, 3.8) is 0 Å². The first kappa shape index (κ1) is 25.8. The van der Waals surface area contributed by atoms with Crippen molar-refractivity contribution in [2.75, 3.05) is 44.4 Å². The van der Waals surface area contributed by atoms with Crippen molar-refractivity contribution in [1.82, 2.24) is 9.88 Å². The van der Waals surface area contributed by atoms with Gasteiger partial charge in [-0.1, -0.05) is 41.4 Å². The fraction of sp³-hybridized carbons (Fsp3) is 0.200. The molecular weight excluding hydrogens is 495 g/mol. The molecule has 1 N–H and O–H groups in total. The molecule has 0 fully saturated rings. The Kier molecular flexibility index (Phi) is 8.44. The van der Waals surface area contributed by atoms with Gasteiger partial charge in [-0.2, -0.15) is 4.98 Å². The molecule has 3 aromatic carbocycles. The normalized spacial score (nSPS) is 10.9. The number of oxazole rings is 1. The van der Waals surface area contributed by atoms with Crippen LogP contribution in [-0.4, -0.2) is 50.0 Å². The summed E-state index contributed by atoms with van der Waals surface area (Å²) in [5.41, 5.74) is 4.30. The SMILES string of the molecule is CN(C)CCN(C)c1nc2cc(NC(=O)c3ccc(-c4ccc(Cl)cc4Cl)cc3)ccc2o1.Cl. The predicted octanol–water partition coefficient (Wildman–Crippen LogP) is 6.47. The Morgan fingerprint density at radius 3 is 2.38 bits per heavy atom. The van der Waals surface area contributed by atoms with Crippen LogP contribution in [0.15, 0.2) is 65.1 Å². The van der Waals surface area contributed by atoms with E-state index >= 15 is 0 Å². The van der Waals surface area contributed by atoms with Crippen LogP contribution in [0.1, 0.15) is 10.4 Å². The van der Waals surface area contributed by atoms with Crippen LogP contribution in [0.25, 0.3) is 22.2 Å². The first-order chi connectivity index (χ1) is 15.8. The molecule has 9 heteroatoms. The second-order valence-corrected chi connectivity index (χ2v) is 8.90. The largest absolute Gasteiger partial charge is 0.423 e. The van der Waals surface area contributed by atoms with E-state index < -0.39 is 0 Å². The number of likely N-dealkylation sites (N-methyl/N-ethyl adjacent to an activating group) is 2. The van der Waals surface area contributed by atoms with Crippen molar-refractivity contribution in [2.24, 2.45) is 0 Å². The zero-order chi connectivity index (χ0) is 23.5. The Morgan fingerprint density at radius 1 is 0.971 bits per heavy atom. The average Bonchev–Trinajstić information content (AvgIpc) is 3.21. The van der Waals surface area contributed by atoms with E-state index in [9.17, 15) is 4.79 Å². The summed E-state index contributed by atoms with van der Waals surface area (Å²) in [6.45, 7) is 1.68. The maximum Gasteiger partial charge on any atom is 0.298 e. The second kappa shape index (κ2) is 11.1. The highest BCUT2D eigenvalue weighted by Gasteiger charge is 2.13. The third-order valence-electron chi connectivity index (χ3n) is 5.23. The highest BCUT2D eigenvalue weighted by Crippen LogP contribution is 2.30. The number of benzene rings is 3. The number of nitrogens with one attached hydrogen (secondary N) is 1. The summed E-state index contributed by atoms with van der Waals surface area (Å²) < 4.78 is 5.84. The molecule has 1 heterocycles. The van der Waals surface area contributed by atoms with Gasteiger partial charge in [-0.3, -0.25) is 4.79 Å². The fourth-order valence-corrected chi connectivity index (χ4v) is 3.85. The standard InChI is InChI=1S/C25H24Cl2N4O2.ClH/c1-30(2)12-13-31(3)25-29-22-15-19(9-11-23(22)33-25)28-24(32)17-6-4-16(5-7-17)20-10-8-18(26)14-21(20)27;/h4-11,14-15H,12-13H2,1-3H3,(H,28,32);1H. The Labute approximate surface area is 214 Å². The number of hydrogen-bond donors (Lipinski definition) is 1. The van der Waals surface area contributed by atoms with Gasteiger partial charge < -0.3 is 19.5 Å². The van der Waals surface area contributed by atoms with Gasteiger partial charge in [0.2, 0.25) is 0 Å². The van der Waals surface area contributed by atoms with Gasteiger partial charge in [-0.05, 0) is 62.1 Å². The number of aromatic nitrogens is 1. The molecule has 0 bridgehead atoms. The minimum Gasteiger partial charge on any atom is -0.423 e. The molecule has 0 unspecified atom stereocenters. The summed E-state index contributed by atoms with van der Waals surface area (Å²) in [6, 6.07) is 18.6. The number of rotatable bonds is 7. The molecule has 0 saturated carbocycles. The molecule has 0 aliphatic rings. The molecule has 178 valence electrons. The molecule has 0 saturated heterocycles. The van der Waals surface area contributed by atoms with Crippen LogP contribution in [0.5, 0.6) is 0 Å². The number of anilines is 2. The molecule has 6 nitrogen and oxygen atoms in total. The van der Waals surface area contributed by atoms with E-state index in [2.05, 4.69) is 15.2 Å². The van der Waals surface area contributed by atoms with E-state index in [-0.39, 0.29) is 18.3 Å². The molecule has 1 amide bonds. The summed E-state index contributed by atoms with van der Waals surface area (Å²) in [6.07, 6.45) is 0. The van der Waals surface area contributed by atoms with Crippen molar-refractivity contribution in [3.8, 4) is 11.1 Å². The zero-order valence-electron chi connectivity index (χ0n) is 19.0. The van der Waals surface area contributed by atoms with E-state index in [1.807, 2.05) is 56.4 Å². The van der Waals surface area contributed by atoms with Crippen molar-refractivity contribution in [3.05, 3.63) is 76.3 Å². The first-order valence-corrected chi connectivity index (χ1v) is 11.2. The lowest BCUT2D eigenvalue weighted by Crippen LogP contribution is -2.28. The third-order valence-corrected chi connectivity index (χ3v) is 5.78. The highest BCUT2D eigenvalue weighted by molar-refractivity contribution is 6.36. The van der Waals surface area contributed by atoms with Crippen molar-refractivity contribution in [1.29, 1.82) is 0 Å². The van der Waals surface area contributed by atoms with E-state index in [0.29, 0.717) is 38.4 Å². The lowest BCUT2D eigenvalue weighted by atomic mass is 10.0. The lowest BCUT2D eigenvalue weighted by Gasteiger charge is -2.17. The van der Waals surface area contributed by atoms with Gasteiger partial charge in [0.1, 0.15) is 5.52 Å². The smallest absolute Gasteiger partial charge is 0.298 e. The Balaban J connectivity index is 0.00000324. The van der Waals surface area contributed by atoms with Crippen molar-refractivity contribution < 1.29 is 9.21 Å². The van der Waals surface area contributed by atoms with Gasteiger partial charge in [0.15, 0.2) is 5.58 Å². The summed E-state index contributed by atoms with van der Waals surface area (Å²) >= 11 is 12.3. The van der Waals surface area contributed by atoms with Gasteiger partial charge in [-0.25, -0.2) is 0 Å². The predicted molar refractivity (Wildman–Crippen MR) is 143 cm³/mol. The van der Waals surface area contributed by atoms with Crippen molar-refractivity contribution in [2.45, 2.75) is 0 Å². The zero-order valence-corrected chi connectivity index (χ0v) is 21.3. The van der Waals surface area contributed by atoms with Gasteiger partial charge >= 0.3 is 0 Å². The molecule has 0 aliphatic carbocycles. The van der Waals surface area contributed by atoms with Crippen LogP contribution in [0.3, 0.4) is 0 Å². The van der Waals surface area contributed by atoms with Crippen LogP contribution < -0.4 is 10.2 Å². The summed E-state index contributed by atoms with van der Waals surface area (Å²) in [5.74, 6) is -0.213. The van der Waals surface area contributed by atoms with Crippen LogP contribution in [0.4, 0.5) is 11.7 Å². The summed E-state index contributed by atoms with van der Waals surface area (Å²) in [5, 5.41) is 4.06. The number of fused-ring (bicyclic) bond motifs is 1. The molecule has 4 rings (SSSR count). The minimum absolute atomic E-state index is 0. The number of carbonyl (C=O) groups excluding carboxylic acids is 1. The van der Waals surface area contributed by atoms with E-state index in [1.54, 1.807) is 30.3 Å². The average molecular weight is 520 g/mol. The Bertz CT molecular complexity index is 1290. The molecule has 4 aromatic rings. The van der Waals surface area contributed by atoms with Gasteiger partial charge in [0.05, 0.1) is 0 Å². The number of halogens is 3. The van der Waals surface area contributed by atoms with Crippen molar-refractivity contribution >= 4 is 64.3 Å². The molecular formula is C25H25Cl3N4O2. The van der Waals surface area contributed by atoms with Gasteiger partial charge in [0, 0.05) is 47.0 Å². The number of carbonyl (C=O) groups is 1. The van der Waals surface area contributed by atoms with Crippen LogP contribution >= 0.6 is 35.6 Å². The first-order valence-electron chi connectivity index (χ1n) is 10.4. The molecule has 0 aliphatic heterocycles. The summed E-state index contributed by atoms with van der Waals surface area (Å²) in [4.78, 5) is 21.4. The maximum absolute atomic E-state index is 12.8. The Morgan fingerprint density at radius 2 is 1.71 bits per heavy atom. The van der Waals surface area contributed by atoms with E-state index in [4.69, 9.17) is 27.6 Å². The molecule has 34 heavy (non-hydrogen) atoms. The minimum atomic E-state index is -0.213. The molecule has 0 atom stereocenters. The molecule has 1 aromatic heterocycles. The molecule has 0 spiro atoms. The van der Waals surface area contributed by atoms with E-state index in [1.165, 1.54) is 0 Å². The number of hydrogen-bond acceptors (Lipinski definition) is 5. The summed E-state index contributed by atoms with van der Waals surface area (Å²) in [7, 11) is 5.99. The second-order valence-electron chi connectivity index (χ2n) is 8.06. The van der Waals surface area contributed by atoms with E-state index in [0.717, 1.165) is 24.2 Å². The third kappa shape index (κ3) is 6.02. The van der Waals surface area contributed by atoms with Crippen LogP contribution in [0.2, 0.25) is 10.0 Å². The maximum atomic E-state index is 12.8. The van der Waals surface area contributed by atoms with Crippen LogP contribution in [-0.2, 0) is 0 Å². The highest BCUT2D eigenvalue weighted by atomic mass is 35.5. The topological polar surface area (TPSA) is 61.6 Å². The quantitative estimate of drug-likeness (QED) is 0.303. The monoisotopic (exact) mass is 518 g/mol. The number of nitrogens with zero attached hydrogens (tertiary/aromatic N) is 3.